The molecule has 0 aliphatic heterocycles. The minimum Gasteiger partial charge on any atom is -0.465 e. The van der Waals surface area contributed by atoms with Crippen molar-refractivity contribution in [1.82, 2.24) is 0 Å². The van der Waals surface area contributed by atoms with E-state index in [9.17, 15) is 4.79 Å². The molecule has 0 atom stereocenters. The number of nitrogens with zero attached hydrogens (tertiary/aromatic N) is 1. The van der Waals surface area contributed by atoms with Gasteiger partial charge in [-0.3, -0.25) is 0 Å². The van der Waals surface area contributed by atoms with Gasteiger partial charge in [0.05, 0.1) is 24.3 Å². The summed E-state index contributed by atoms with van der Waals surface area (Å²) < 4.78 is 4.46. The summed E-state index contributed by atoms with van der Waals surface area (Å²) in [6.07, 6.45) is 0. The molecule has 2 N–H and O–H groups in total. The molecule has 5 nitrogen and oxygen atoms in total. The monoisotopic (exact) mass is 205 g/mol. The van der Waals surface area contributed by atoms with Crippen LogP contribution in [0.4, 0.5) is 0 Å². The Balaban J connectivity index is 3.21. The second kappa shape index (κ2) is 4.60. The average molecular weight is 205 g/mol. The van der Waals surface area contributed by atoms with Crippen molar-refractivity contribution in [2.75, 3.05) is 7.11 Å². The van der Waals surface area contributed by atoms with E-state index in [0.29, 0.717) is 0 Å². The number of carbonyl (C=O) groups excluding carboxylic acids is 1. The number of benzene rings is 1. The molecule has 0 bridgehead atoms. The lowest BCUT2D eigenvalue weighted by Crippen LogP contribution is -2.32. The molecule has 1 rings (SSSR count). The fraction of sp³-hybridized carbons (Fsp3) is 0.111. The summed E-state index contributed by atoms with van der Waals surface area (Å²) in [6, 6.07) is 5.68. The van der Waals surface area contributed by atoms with E-state index in [0.717, 1.165) is 0 Å². The van der Waals surface area contributed by atoms with E-state index < -0.39 is 13.1 Å². The molecule has 0 amide bonds. The average Bonchev–Trinajstić information content (AvgIpc) is 2.26. The zero-order chi connectivity index (χ0) is 11.4. The highest BCUT2D eigenvalue weighted by Crippen LogP contribution is 2.04. The van der Waals surface area contributed by atoms with Gasteiger partial charge in [-0.25, -0.2) is 4.79 Å². The van der Waals surface area contributed by atoms with Crippen LogP contribution in [0.15, 0.2) is 18.2 Å². The van der Waals surface area contributed by atoms with Crippen molar-refractivity contribution >= 4 is 18.6 Å². The van der Waals surface area contributed by atoms with Crippen molar-refractivity contribution in [3.8, 4) is 6.07 Å². The van der Waals surface area contributed by atoms with Crippen LogP contribution in [-0.4, -0.2) is 30.2 Å². The maximum absolute atomic E-state index is 11.1. The lowest BCUT2D eigenvalue weighted by atomic mass is 9.77. The smallest absolute Gasteiger partial charge is 0.465 e. The number of ether oxygens (including phenoxy) is 1. The van der Waals surface area contributed by atoms with E-state index in [1.165, 1.54) is 25.3 Å². The number of methoxy groups -OCH3 is 1. The SMILES string of the molecule is COC(=O)c1ccc(B(O)O)c(C#N)c1. The Morgan fingerprint density at radius 2 is 2.20 bits per heavy atom. The summed E-state index contributed by atoms with van der Waals surface area (Å²) >= 11 is 0. The highest BCUT2D eigenvalue weighted by Gasteiger charge is 2.17. The van der Waals surface area contributed by atoms with Gasteiger partial charge < -0.3 is 14.8 Å². The molecule has 0 spiro atoms. The molecule has 1 aromatic rings. The molecule has 76 valence electrons. The van der Waals surface area contributed by atoms with Gasteiger partial charge in [-0.2, -0.15) is 5.26 Å². The molecule has 0 heterocycles. The third kappa shape index (κ3) is 2.34. The highest BCUT2D eigenvalue weighted by atomic mass is 16.5. The van der Waals surface area contributed by atoms with Crippen molar-refractivity contribution in [1.29, 1.82) is 5.26 Å². The lowest BCUT2D eigenvalue weighted by Gasteiger charge is -2.04. The Bertz CT molecular complexity index is 425. The largest absolute Gasteiger partial charge is 0.489 e. The Morgan fingerprint density at radius 3 is 2.67 bits per heavy atom. The minimum absolute atomic E-state index is 0.0351. The van der Waals surface area contributed by atoms with Crippen molar-refractivity contribution in [3.63, 3.8) is 0 Å². The van der Waals surface area contributed by atoms with Crippen LogP contribution >= 0.6 is 0 Å². The van der Waals surface area contributed by atoms with Crippen LogP contribution in [0, 0.1) is 11.3 Å². The van der Waals surface area contributed by atoms with Crippen molar-refractivity contribution in [2.24, 2.45) is 0 Å². The fourth-order valence-electron chi connectivity index (χ4n) is 1.12. The van der Waals surface area contributed by atoms with Crippen LogP contribution in [0.5, 0.6) is 0 Å². The fourth-order valence-corrected chi connectivity index (χ4v) is 1.12. The summed E-state index contributed by atoms with van der Waals surface area (Å²) in [4.78, 5) is 11.1. The molecule has 6 heteroatoms. The van der Waals surface area contributed by atoms with Gasteiger partial charge in [0.25, 0.3) is 0 Å². The molecule has 1 aromatic carbocycles. The van der Waals surface area contributed by atoms with E-state index in [4.69, 9.17) is 15.3 Å². The Morgan fingerprint density at radius 1 is 1.53 bits per heavy atom. The zero-order valence-corrected chi connectivity index (χ0v) is 7.97. The quantitative estimate of drug-likeness (QED) is 0.478. The standard InChI is InChI=1S/C9H8BNO4/c1-15-9(12)6-2-3-8(10(13)14)7(4-6)5-11/h2-4,13-14H,1H3. The summed E-state index contributed by atoms with van der Waals surface area (Å²) in [5, 5.41) is 26.5. The first-order valence-electron chi connectivity index (χ1n) is 4.08. The maximum Gasteiger partial charge on any atom is 0.489 e. The van der Waals surface area contributed by atoms with Crippen LogP contribution in [0.3, 0.4) is 0 Å². The van der Waals surface area contributed by atoms with Crippen LogP contribution in [0.2, 0.25) is 0 Å². The van der Waals surface area contributed by atoms with Gasteiger partial charge in [-0.1, -0.05) is 6.07 Å². The number of hydrogen-bond donors (Lipinski definition) is 2. The van der Waals surface area contributed by atoms with Gasteiger partial charge in [-0.05, 0) is 17.6 Å². The minimum atomic E-state index is -1.73. The van der Waals surface area contributed by atoms with Gasteiger partial charge in [-0.15, -0.1) is 0 Å². The van der Waals surface area contributed by atoms with Crippen LogP contribution < -0.4 is 5.46 Å². The van der Waals surface area contributed by atoms with Crippen molar-refractivity contribution in [3.05, 3.63) is 29.3 Å². The normalized spacial score (nSPS) is 9.20. The first-order chi connectivity index (χ1) is 7.10. The first-order valence-corrected chi connectivity index (χ1v) is 4.08. The van der Waals surface area contributed by atoms with Crippen molar-refractivity contribution in [2.45, 2.75) is 0 Å². The molecular weight excluding hydrogens is 197 g/mol. The van der Waals surface area contributed by atoms with Gasteiger partial charge >= 0.3 is 13.1 Å². The number of rotatable bonds is 2. The predicted octanol–water partition coefficient (Wildman–Crippen LogP) is -0.975. The molecule has 0 saturated carbocycles. The van der Waals surface area contributed by atoms with Gasteiger partial charge in [0.1, 0.15) is 0 Å². The molecule has 0 fully saturated rings. The third-order valence-electron chi connectivity index (χ3n) is 1.87. The number of nitriles is 1. The van der Waals surface area contributed by atoms with E-state index >= 15 is 0 Å². The second-order valence-electron chi connectivity index (χ2n) is 2.78. The molecule has 0 aliphatic rings. The highest BCUT2D eigenvalue weighted by molar-refractivity contribution is 6.59. The van der Waals surface area contributed by atoms with Gasteiger partial charge in [0, 0.05) is 0 Å². The maximum atomic E-state index is 11.1. The summed E-state index contributed by atoms with van der Waals surface area (Å²) in [5.74, 6) is -0.578. The van der Waals surface area contributed by atoms with Crippen LogP contribution in [0.25, 0.3) is 0 Å². The topological polar surface area (TPSA) is 90.6 Å². The summed E-state index contributed by atoms with van der Waals surface area (Å²) in [6.45, 7) is 0. The Kier molecular flexibility index (Phi) is 3.44. The number of esters is 1. The molecular formula is C9H8BNO4. The molecule has 15 heavy (non-hydrogen) atoms. The zero-order valence-electron chi connectivity index (χ0n) is 7.97. The molecule has 0 unspecified atom stereocenters. The molecule has 0 saturated heterocycles. The van der Waals surface area contributed by atoms with E-state index in [-0.39, 0.29) is 16.6 Å². The number of carbonyl (C=O) groups is 1. The number of hydrogen-bond acceptors (Lipinski definition) is 5. The van der Waals surface area contributed by atoms with E-state index in [2.05, 4.69) is 4.74 Å². The third-order valence-corrected chi connectivity index (χ3v) is 1.87. The summed E-state index contributed by atoms with van der Waals surface area (Å²) in [5.41, 5.74) is 0.288. The lowest BCUT2D eigenvalue weighted by molar-refractivity contribution is 0.0600. The summed E-state index contributed by atoms with van der Waals surface area (Å²) in [7, 11) is -0.505. The van der Waals surface area contributed by atoms with Gasteiger partial charge in [0.2, 0.25) is 0 Å². The molecule has 0 aromatic heterocycles. The van der Waals surface area contributed by atoms with E-state index in [1.54, 1.807) is 6.07 Å². The molecule has 0 aliphatic carbocycles. The predicted molar refractivity (Wildman–Crippen MR) is 52.3 cm³/mol. The van der Waals surface area contributed by atoms with Crippen molar-refractivity contribution < 1.29 is 19.6 Å². The second-order valence-corrected chi connectivity index (χ2v) is 2.78. The Hall–Kier alpha value is -1.84. The molecule has 0 radical (unpaired) electrons. The van der Waals surface area contributed by atoms with E-state index in [1.807, 2.05) is 0 Å². The first kappa shape index (κ1) is 11.2. The van der Waals surface area contributed by atoms with Crippen LogP contribution in [-0.2, 0) is 4.74 Å². The van der Waals surface area contributed by atoms with Crippen LogP contribution in [0.1, 0.15) is 15.9 Å². The Labute approximate surface area is 86.7 Å². The van der Waals surface area contributed by atoms with Gasteiger partial charge in [0.15, 0.2) is 0 Å².